The summed E-state index contributed by atoms with van der Waals surface area (Å²) in [5, 5.41) is 3.84. The molecule has 4 heterocycles. The van der Waals surface area contributed by atoms with E-state index in [1.165, 1.54) is 12.4 Å². The van der Waals surface area contributed by atoms with Crippen molar-refractivity contribution in [2.24, 2.45) is 0 Å². The van der Waals surface area contributed by atoms with Gasteiger partial charge in [-0.25, -0.2) is 15.0 Å². The number of rotatable bonds is 4. The van der Waals surface area contributed by atoms with E-state index in [2.05, 4.69) is 20.1 Å². The van der Waals surface area contributed by atoms with Crippen molar-refractivity contribution in [3.8, 4) is 0 Å². The Kier molecular flexibility index (Phi) is 5.74. The third-order valence-corrected chi connectivity index (χ3v) is 5.57. The first-order valence-corrected chi connectivity index (χ1v) is 10.3. The number of halogens is 3. The fraction of sp³-hybridized carbons (Fsp3) is 0.476. The van der Waals surface area contributed by atoms with Crippen LogP contribution in [0.25, 0.3) is 11.1 Å². The lowest BCUT2D eigenvalue weighted by Crippen LogP contribution is -2.39. The maximum Gasteiger partial charge on any atom is 0.417 e. The molecule has 32 heavy (non-hydrogen) atoms. The van der Waals surface area contributed by atoms with Crippen LogP contribution in [-0.4, -0.2) is 58.1 Å². The molecule has 4 rings (SSSR count). The van der Waals surface area contributed by atoms with Crippen molar-refractivity contribution < 1.29 is 22.5 Å². The fourth-order valence-corrected chi connectivity index (χ4v) is 3.94. The van der Waals surface area contributed by atoms with Gasteiger partial charge in [0, 0.05) is 51.2 Å². The molecule has 11 heteroatoms. The Hall–Kier alpha value is -3.24. The van der Waals surface area contributed by atoms with Crippen LogP contribution in [0.2, 0.25) is 0 Å². The number of anilines is 1. The molecule has 1 amide bonds. The minimum absolute atomic E-state index is 0.118. The molecule has 0 bridgehead atoms. The van der Waals surface area contributed by atoms with Gasteiger partial charge < -0.3 is 14.3 Å². The Bertz CT molecular complexity index is 1130. The first-order valence-electron chi connectivity index (χ1n) is 10.3. The lowest BCUT2D eigenvalue weighted by molar-refractivity contribution is -0.136. The van der Waals surface area contributed by atoms with Crippen LogP contribution in [0.15, 0.2) is 23.0 Å². The Morgan fingerprint density at radius 1 is 1.28 bits per heavy atom. The quantitative estimate of drug-likeness (QED) is 0.602. The third-order valence-electron chi connectivity index (χ3n) is 5.57. The highest BCUT2D eigenvalue weighted by Crippen LogP contribution is 2.40. The van der Waals surface area contributed by atoms with Gasteiger partial charge in [-0.2, -0.15) is 13.2 Å². The largest absolute Gasteiger partial charge is 0.417 e. The number of nitrogens with zero attached hydrogens (tertiary/aromatic N) is 6. The molecule has 0 aromatic carbocycles. The van der Waals surface area contributed by atoms with Crippen LogP contribution in [0.5, 0.6) is 0 Å². The first kappa shape index (κ1) is 22.0. The molecule has 1 aliphatic heterocycles. The highest BCUT2D eigenvalue weighted by Gasteiger charge is 2.38. The topological polar surface area (TPSA) is 88.3 Å². The zero-order valence-electron chi connectivity index (χ0n) is 18.0. The molecule has 1 saturated heterocycles. The van der Waals surface area contributed by atoms with Crippen molar-refractivity contribution >= 4 is 23.0 Å². The van der Waals surface area contributed by atoms with E-state index in [1.807, 2.05) is 0 Å². The number of aromatic nitrogens is 4. The van der Waals surface area contributed by atoms with Crippen LogP contribution in [0.1, 0.15) is 53.0 Å². The zero-order chi connectivity index (χ0) is 23.0. The molecule has 170 valence electrons. The molecular formula is C21H23F3N6O2. The van der Waals surface area contributed by atoms with E-state index < -0.39 is 17.7 Å². The average Bonchev–Trinajstić information content (AvgIpc) is 3.21. The van der Waals surface area contributed by atoms with Crippen LogP contribution >= 0.6 is 0 Å². The lowest BCUT2D eigenvalue weighted by atomic mass is 9.91. The molecule has 8 nitrogen and oxygen atoms in total. The van der Waals surface area contributed by atoms with E-state index in [1.54, 1.807) is 30.8 Å². The molecule has 3 aromatic heterocycles. The standard InChI is InChI=1S/C21H23F3N6O2/c1-4-14-8-15(21(22,23)24)16-17(28-32-18(16)27-14)12-6-5-7-30(11-12)19(31)13-9-25-20(26-10-13)29(2)3/h8-10,12H,4-7,11H2,1-3H3. The molecule has 3 aromatic rings. The van der Waals surface area contributed by atoms with Gasteiger partial charge in [0.25, 0.3) is 11.6 Å². The summed E-state index contributed by atoms with van der Waals surface area (Å²) in [5.41, 5.74) is -0.116. The lowest BCUT2D eigenvalue weighted by Gasteiger charge is -2.32. The number of alkyl halides is 3. The van der Waals surface area contributed by atoms with E-state index in [0.717, 1.165) is 6.07 Å². The first-order chi connectivity index (χ1) is 15.2. The van der Waals surface area contributed by atoms with Crippen molar-refractivity contribution in [3.05, 3.63) is 41.0 Å². The molecule has 0 saturated carbocycles. The summed E-state index contributed by atoms with van der Waals surface area (Å²) in [6, 6.07) is 1.05. The van der Waals surface area contributed by atoms with E-state index in [4.69, 9.17) is 4.52 Å². The number of carbonyl (C=O) groups is 1. The minimum atomic E-state index is -4.57. The number of carbonyl (C=O) groups excluding carboxylic acids is 1. The van der Waals surface area contributed by atoms with E-state index in [-0.39, 0.29) is 34.9 Å². The predicted molar refractivity (Wildman–Crippen MR) is 110 cm³/mol. The maximum absolute atomic E-state index is 13.8. The second kappa shape index (κ2) is 8.36. The Morgan fingerprint density at radius 3 is 2.62 bits per heavy atom. The summed E-state index contributed by atoms with van der Waals surface area (Å²) >= 11 is 0. The predicted octanol–water partition coefficient (Wildman–Crippen LogP) is 3.68. The molecule has 0 aliphatic carbocycles. The molecule has 0 radical (unpaired) electrons. The Balaban J connectivity index is 1.64. The van der Waals surface area contributed by atoms with Crippen LogP contribution in [0.4, 0.5) is 19.1 Å². The summed E-state index contributed by atoms with van der Waals surface area (Å²) in [4.78, 5) is 28.8. The number of likely N-dealkylation sites (tertiary alicyclic amines) is 1. The molecule has 1 aliphatic rings. The van der Waals surface area contributed by atoms with Crippen LogP contribution in [0, 0.1) is 0 Å². The van der Waals surface area contributed by atoms with Gasteiger partial charge in [-0.1, -0.05) is 12.1 Å². The monoisotopic (exact) mass is 448 g/mol. The smallest absolute Gasteiger partial charge is 0.347 e. The van der Waals surface area contributed by atoms with E-state index >= 15 is 0 Å². The highest BCUT2D eigenvalue weighted by atomic mass is 19.4. The minimum Gasteiger partial charge on any atom is -0.347 e. The maximum atomic E-state index is 13.8. The van der Waals surface area contributed by atoms with Gasteiger partial charge in [0.1, 0.15) is 0 Å². The van der Waals surface area contributed by atoms with Gasteiger partial charge in [0.15, 0.2) is 0 Å². The van der Waals surface area contributed by atoms with Gasteiger partial charge in [0.2, 0.25) is 5.95 Å². The number of fused-ring (bicyclic) bond motifs is 1. The second-order valence-electron chi connectivity index (χ2n) is 8.02. The normalized spacial score (nSPS) is 17.1. The number of amides is 1. The average molecular weight is 448 g/mol. The number of hydrogen-bond donors (Lipinski definition) is 0. The Morgan fingerprint density at radius 2 is 2.00 bits per heavy atom. The molecule has 1 atom stereocenters. The SMILES string of the molecule is CCc1cc(C(F)(F)F)c2c(C3CCCN(C(=O)c4cnc(N(C)C)nc4)C3)noc2n1. The fourth-order valence-electron chi connectivity index (χ4n) is 3.94. The molecule has 0 spiro atoms. The molecular weight excluding hydrogens is 425 g/mol. The van der Waals surface area contributed by atoms with E-state index in [0.29, 0.717) is 37.3 Å². The summed E-state index contributed by atoms with van der Waals surface area (Å²) in [5.74, 6) is -0.188. The highest BCUT2D eigenvalue weighted by molar-refractivity contribution is 5.94. The van der Waals surface area contributed by atoms with Gasteiger partial charge >= 0.3 is 6.18 Å². The van der Waals surface area contributed by atoms with E-state index in [9.17, 15) is 18.0 Å². The number of pyridine rings is 1. The second-order valence-corrected chi connectivity index (χ2v) is 8.02. The summed E-state index contributed by atoms with van der Waals surface area (Å²) < 4.78 is 46.6. The van der Waals surface area contributed by atoms with Crippen molar-refractivity contribution in [1.82, 2.24) is 25.0 Å². The summed E-state index contributed by atoms with van der Waals surface area (Å²) in [6.07, 6.45) is -0.0937. The molecule has 1 fully saturated rings. The number of aryl methyl sites for hydroxylation is 1. The number of piperidine rings is 1. The number of hydrogen-bond acceptors (Lipinski definition) is 7. The summed E-state index contributed by atoms with van der Waals surface area (Å²) in [6.45, 7) is 2.44. The van der Waals surface area contributed by atoms with Gasteiger partial charge in [-0.3, -0.25) is 4.79 Å². The molecule has 1 unspecified atom stereocenters. The third kappa shape index (κ3) is 4.11. The van der Waals surface area contributed by atoms with Gasteiger partial charge in [-0.15, -0.1) is 0 Å². The van der Waals surface area contributed by atoms with Crippen molar-refractivity contribution in [3.63, 3.8) is 0 Å². The summed E-state index contributed by atoms with van der Waals surface area (Å²) in [7, 11) is 3.59. The van der Waals surface area contributed by atoms with Crippen LogP contribution in [-0.2, 0) is 12.6 Å². The van der Waals surface area contributed by atoms with Crippen molar-refractivity contribution in [1.29, 1.82) is 0 Å². The van der Waals surface area contributed by atoms with Crippen LogP contribution < -0.4 is 4.90 Å². The Labute approximate surface area is 182 Å². The van der Waals surface area contributed by atoms with Gasteiger partial charge in [-0.05, 0) is 25.3 Å². The van der Waals surface area contributed by atoms with Crippen molar-refractivity contribution in [2.45, 2.75) is 38.3 Å². The van der Waals surface area contributed by atoms with Crippen molar-refractivity contribution in [2.75, 3.05) is 32.1 Å². The molecule has 0 N–H and O–H groups in total. The zero-order valence-corrected chi connectivity index (χ0v) is 18.0. The van der Waals surface area contributed by atoms with Crippen LogP contribution in [0.3, 0.4) is 0 Å². The van der Waals surface area contributed by atoms with Gasteiger partial charge in [0.05, 0.1) is 22.2 Å².